The first-order valence-electron chi connectivity index (χ1n) is 5.91. The number of amides is 2. The van der Waals surface area contributed by atoms with Crippen LogP contribution < -0.4 is 11.1 Å². The monoisotopic (exact) mass is 295 g/mol. The molecule has 7 heteroatoms. The van der Waals surface area contributed by atoms with Gasteiger partial charge in [-0.25, -0.2) is 0 Å². The van der Waals surface area contributed by atoms with Crippen molar-refractivity contribution in [2.75, 3.05) is 31.1 Å². The van der Waals surface area contributed by atoms with Crippen LogP contribution in [0.25, 0.3) is 0 Å². The Hall–Kier alpha value is -0.460. The summed E-state index contributed by atoms with van der Waals surface area (Å²) in [6.07, 6.45) is 0. The van der Waals surface area contributed by atoms with E-state index >= 15 is 0 Å². The lowest BCUT2D eigenvalue weighted by atomic mass is 10.1. The van der Waals surface area contributed by atoms with Crippen molar-refractivity contribution < 1.29 is 9.59 Å². The van der Waals surface area contributed by atoms with Gasteiger partial charge in [-0.1, -0.05) is 13.8 Å². The van der Waals surface area contributed by atoms with Crippen LogP contribution in [0.15, 0.2) is 0 Å². The van der Waals surface area contributed by atoms with E-state index in [1.807, 2.05) is 25.6 Å². The molecule has 1 atom stereocenters. The summed E-state index contributed by atoms with van der Waals surface area (Å²) in [5, 5.41) is 2.60. The smallest absolute Gasteiger partial charge is 0.242 e. The van der Waals surface area contributed by atoms with Gasteiger partial charge in [-0.15, -0.1) is 12.4 Å². The Morgan fingerprint density at radius 1 is 1.33 bits per heavy atom. The second kappa shape index (κ2) is 8.61. The van der Waals surface area contributed by atoms with Crippen LogP contribution in [-0.4, -0.2) is 53.9 Å². The van der Waals surface area contributed by atoms with Gasteiger partial charge in [0.2, 0.25) is 11.8 Å². The van der Waals surface area contributed by atoms with Gasteiger partial charge in [-0.05, 0) is 5.92 Å². The SMILES string of the molecule is CC(C)[C@H](N)C(=O)NCC(=O)N1CCSCC1.Cl. The van der Waals surface area contributed by atoms with E-state index < -0.39 is 6.04 Å². The molecule has 1 rings (SSSR count). The van der Waals surface area contributed by atoms with E-state index in [-0.39, 0.29) is 36.7 Å². The fourth-order valence-corrected chi connectivity index (χ4v) is 2.41. The molecule has 0 bridgehead atoms. The molecule has 1 aliphatic rings. The Morgan fingerprint density at radius 3 is 2.39 bits per heavy atom. The van der Waals surface area contributed by atoms with E-state index in [9.17, 15) is 9.59 Å². The van der Waals surface area contributed by atoms with Gasteiger partial charge >= 0.3 is 0 Å². The molecule has 0 aromatic carbocycles. The topological polar surface area (TPSA) is 75.4 Å². The molecule has 0 saturated carbocycles. The highest BCUT2D eigenvalue weighted by molar-refractivity contribution is 7.99. The average Bonchev–Trinajstić information content (AvgIpc) is 2.35. The maximum Gasteiger partial charge on any atom is 0.242 e. The number of hydrogen-bond donors (Lipinski definition) is 2. The van der Waals surface area contributed by atoms with E-state index in [0.29, 0.717) is 0 Å². The number of carbonyl (C=O) groups is 2. The highest BCUT2D eigenvalue weighted by atomic mass is 35.5. The van der Waals surface area contributed by atoms with Crippen molar-refractivity contribution in [3.63, 3.8) is 0 Å². The number of hydrogen-bond acceptors (Lipinski definition) is 4. The summed E-state index contributed by atoms with van der Waals surface area (Å²) in [5.74, 6) is 1.77. The summed E-state index contributed by atoms with van der Waals surface area (Å²) in [5.41, 5.74) is 5.68. The molecule has 106 valence electrons. The van der Waals surface area contributed by atoms with Crippen molar-refractivity contribution in [3.8, 4) is 0 Å². The molecule has 1 aliphatic heterocycles. The molecule has 0 aromatic heterocycles. The minimum absolute atomic E-state index is 0. The number of nitrogens with two attached hydrogens (primary N) is 1. The van der Waals surface area contributed by atoms with Gasteiger partial charge in [0, 0.05) is 24.6 Å². The molecule has 1 fully saturated rings. The Labute approximate surface area is 119 Å². The fourth-order valence-electron chi connectivity index (χ4n) is 1.51. The first kappa shape index (κ1) is 17.5. The lowest BCUT2D eigenvalue weighted by Gasteiger charge is -2.26. The van der Waals surface area contributed by atoms with Crippen LogP contribution in [-0.2, 0) is 9.59 Å². The molecule has 0 radical (unpaired) electrons. The third-order valence-corrected chi connectivity index (χ3v) is 3.74. The summed E-state index contributed by atoms with van der Waals surface area (Å²) in [6.45, 7) is 5.37. The van der Waals surface area contributed by atoms with Gasteiger partial charge in [-0.3, -0.25) is 9.59 Å². The van der Waals surface area contributed by atoms with Crippen molar-refractivity contribution in [1.82, 2.24) is 10.2 Å². The lowest BCUT2D eigenvalue weighted by Crippen LogP contribution is -2.49. The van der Waals surface area contributed by atoms with Crippen LogP contribution in [0.4, 0.5) is 0 Å². The Balaban J connectivity index is 0.00000289. The Kier molecular flexibility index (Phi) is 8.39. The first-order valence-corrected chi connectivity index (χ1v) is 7.06. The molecule has 1 saturated heterocycles. The van der Waals surface area contributed by atoms with Crippen molar-refractivity contribution in [3.05, 3.63) is 0 Å². The van der Waals surface area contributed by atoms with Crippen LogP contribution in [0.2, 0.25) is 0 Å². The lowest BCUT2D eigenvalue weighted by molar-refractivity contribution is -0.133. The predicted molar refractivity (Wildman–Crippen MR) is 77.0 cm³/mol. The largest absolute Gasteiger partial charge is 0.346 e. The third-order valence-electron chi connectivity index (χ3n) is 2.80. The van der Waals surface area contributed by atoms with E-state index in [4.69, 9.17) is 5.73 Å². The van der Waals surface area contributed by atoms with Gasteiger partial charge in [-0.2, -0.15) is 11.8 Å². The van der Waals surface area contributed by atoms with Crippen LogP contribution in [0.3, 0.4) is 0 Å². The van der Waals surface area contributed by atoms with Gasteiger partial charge in [0.1, 0.15) is 0 Å². The molecule has 0 aromatic rings. The van der Waals surface area contributed by atoms with Crippen molar-refractivity contribution in [1.29, 1.82) is 0 Å². The summed E-state index contributed by atoms with van der Waals surface area (Å²) >= 11 is 1.85. The van der Waals surface area contributed by atoms with E-state index in [0.717, 1.165) is 24.6 Å². The maximum absolute atomic E-state index is 11.8. The van der Waals surface area contributed by atoms with Crippen LogP contribution in [0.1, 0.15) is 13.8 Å². The first-order chi connectivity index (χ1) is 8.02. The van der Waals surface area contributed by atoms with Crippen LogP contribution in [0, 0.1) is 5.92 Å². The summed E-state index contributed by atoms with van der Waals surface area (Å²) in [4.78, 5) is 25.1. The van der Waals surface area contributed by atoms with Gasteiger partial charge in [0.15, 0.2) is 0 Å². The minimum atomic E-state index is -0.542. The Morgan fingerprint density at radius 2 is 1.89 bits per heavy atom. The van der Waals surface area contributed by atoms with Crippen molar-refractivity contribution in [2.24, 2.45) is 11.7 Å². The highest BCUT2D eigenvalue weighted by Crippen LogP contribution is 2.08. The van der Waals surface area contributed by atoms with Crippen molar-refractivity contribution in [2.45, 2.75) is 19.9 Å². The zero-order valence-corrected chi connectivity index (χ0v) is 12.5. The Bertz CT molecular complexity index is 283. The van der Waals surface area contributed by atoms with E-state index in [2.05, 4.69) is 5.32 Å². The molecule has 0 aliphatic carbocycles. The quantitative estimate of drug-likeness (QED) is 0.770. The molecular weight excluding hydrogens is 274 g/mol. The molecule has 18 heavy (non-hydrogen) atoms. The second-order valence-electron chi connectivity index (χ2n) is 4.48. The molecule has 2 amide bonds. The maximum atomic E-state index is 11.8. The van der Waals surface area contributed by atoms with E-state index in [1.165, 1.54) is 0 Å². The van der Waals surface area contributed by atoms with Crippen molar-refractivity contribution >= 4 is 36.0 Å². The fraction of sp³-hybridized carbons (Fsp3) is 0.818. The zero-order chi connectivity index (χ0) is 12.8. The molecule has 5 nitrogen and oxygen atoms in total. The molecule has 0 unspecified atom stereocenters. The number of thioether (sulfide) groups is 1. The van der Waals surface area contributed by atoms with Gasteiger partial charge < -0.3 is 16.0 Å². The number of halogens is 1. The number of nitrogens with zero attached hydrogens (tertiary/aromatic N) is 1. The van der Waals surface area contributed by atoms with Gasteiger partial charge in [0.25, 0.3) is 0 Å². The normalized spacial score (nSPS) is 17.0. The summed E-state index contributed by atoms with van der Waals surface area (Å²) in [6, 6.07) is -0.542. The average molecular weight is 296 g/mol. The molecule has 0 spiro atoms. The van der Waals surface area contributed by atoms with Crippen LogP contribution >= 0.6 is 24.2 Å². The molecule has 3 N–H and O–H groups in total. The third kappa shape index (κ3) is 5.46. The van der Waals surface area contributed by atoms with Crippen LogP contribution in [0.5, 0.6) is 0 Å². The number of carbonyl (C=O) groups excluding carboxylic acids is 2. The van der Waals surface area contributed by atoms with Gasteiger partial charge in [0.05, 0.1) is 12.6 Å². The molecule has 1 heterocycles. The number of nitrogens with one attached hydrogen (secondary N) is 1. The molecular formula is C11H22ClN3O2S. The number of rotatable bonds is 4. The second-order valence-corrected chi connectivity index (χ2v) is 5.71. The van der Waals surface area contributed by atoms with E-state index in [1.54, 1.807) is 4.90 Å². The zero-order valence-electron chi connectivity index (χ0n) is 10.8. The minimum Gasteiger partial charge on any atom is -0.346 e. The predicted octanol–water partition coefficient (Wildman–Crippen LogP) is 0.0831. The summed E-state index contributed by atoms with van der Waals surface area (Å²) in [7, 11) is 0. The standard InChI is InChI=1S/C11H21N3O2S.ClH/c1-8(2)10(12)11(16)13-7-9(15)14-3-5-17-6-4-14;/h8,10H,3-7,12H2,1-2H3,(H,13,16);1H/t10-;/m0./s1. The highest BCUT2D eigenvalue weighted by Gasteiger charge is 2.20. The summed E-state index contributed by atoms with van der Waals surface area (Å²) < 4.78 is 0.